The van der Waals surface area contributed by atoms with Crippen LogP contribution in [0.4, 0.5) is 0 Å². The van der Waals surface area contributed by atoms with Gasteiger partial charge in [0.15, 0.2) is 0 Å². The molecule has 6 nitrogen and oxygen atoms in total. The average molecular weight is 433 g/mol. The van der Waals surface area contributed by atoms with Gasteiger partial charge in [-0.3, -0.25) is 9.59 Å². The van der Waals surface area contributed by atoms with Gasteiger partial charge >= 0.3 is 0 Å². The monoisotopic (exact) mass is 432 g/mol. The summed E-state index contributed by atoms with van der Waals surface area (Å²) >= 11 is 0. The summed E-state index contributed by atoms with van der Waals surface area (Å²) in [5.41, 5.74) is 2.93. The number of rotatable bonds is 8. The molecule has 2 N–H and O–H groups in total. The van der Waals surface area contributed by atoms with Crippen LogP contribution in [0, 0.1) is 0 Å². The van der Waals surface area contributed by atoms with Gasteiger partial charge in [-0.1, -0.05) is 24.3 Å². The molecule has 166 valence electrons. The number of hydrogen-bond acceptors (Lipinski definition) is 4. The van der Waals surface area contributed by atoms with Crippen molar-refractivity contribution in [3.05, 3.63) is 95.1 Å². The number of methoxy groups -OCH3 is 2. The summed E-state index contributed by atoms with van der Waals surface area (Å²) in [4.78, 5) is 25.2. The fourth-order valence-corrected chi connectivity index (χ4v) is 3.28. The molecule has 0 saturated carbocycles. The molecule has 0 unspecified atom stereocenters. The molecule has 2 atom stereocenters. The third kappa shape index (κ3) is 5.66. The van der Waals surface area contributed by atoms with Crippen LogP contribution in [0.2, 0.25) is 0 Å². The molecule has 0 saturated heterocycles. The quantitative estimate of drug-likeness (QED) is 0.542. The van der Waals surface area contributed by atoms with Crippen molar-refractivity contribution in [2.75, 3.05) is 14.2 Å². The highest BCUT2D eigenvalue weighted by Crippen LogP contribution is 2.19. The van der Waals surface area contributed by atoms with Crippen molar-refractivity contribution in [3.63, 3.8) is 0 Å². The molecular formula is C26H28N2O4. The lowest BCUT2D eigenvalue weighted by Crippen LogP contribution is -2.28. The summed E-state index contributed by atoms with van der Waals surface area (Å²) in [6.07, 6.45) is 0. The second kappa shape index (κ2) is 10.5. The first-order valence-corrected chi connectivity index (χ1v) is 10.4. The predicted molar refractivity (Wildman–Crippen MR) is 124 cm³/mol. The first-order chi connectivity index (χ1) is 15.4. The van der Waals surface area contributed by atoms with E-state index in [-0.39, 0.29) is 23.9 Å². The number of hydrogen-bond donors (Lipinski definition) is 2. The van der Waals surface area contributed by atoms with Crippen LogP contribution < -0.4 is 20.1 Å². The van der Waals surface area contributed by atoms with Crippen LogP contribution in [-0.4, -0.2) is 26.0 Å². The van der Waals surface area contributed by atoms with Crippen LogP contribution in [0.5, 0.6) is 11.5 Å². The standard InChI is InChI=1S/C26H28N2O4/c1-17(19-9-13-23(31-3)14-10-19)27-25(29)21-5-7-22(8-6-21)26(30)28-18(2)20-11-15-24(32-4)16-12-20/h5-18H,1-4H3,(H,27,29)(H,28,30)/t17-,18+. The Balaban J connectivity index is 1.59. The van der Waals surface area contributed by atoms with Gasteiger partial charge in [0, 0.05) is 11.1 Å². The van der Waals surface area contributed by atoms with Crippen molar-refractivity contribution >= 4 is 11.8 Å². The normalized spacial score (nSPS) is 12.4. The highest BCUT2D eigenvalue weighted by molar-refractivity contribution is 5.98. The lowest BCUT2D eigenvalue weighted by atomic mass is 10.1. The van der Waals surface area contributed by atoms with Crippen molar-refractivity contribution in [3.8, 4) is 11.5 Å². The largest absolute Gasteiger partial charge is 0.497 e. The molecular weight excluding hydrogens is 404 g/mol. The molecule has 0 fully saturated rings. The van der Waals surface area contributed by atoms with Gasteiger partial charge in [-0.25, -0.2) is 0 Å². The van der Waals surface area contributed by atoms with E-state index in [1.54, 1.807) is 38.5 Å². The van der Waals surface area contributed by atoms with Crippen molar-refractivity contribution < 1.29 is 19.1 Å². The maximum atomic E-state index is 12.6. The van der Waals surface area contributed by atoms with Crippen LogP contribution in [0.25, 0.3) is 0 Å². The molecule has 32 heavy (non-hydrogen) atoms. The fraction of sp³-hybridized carbons (Fsp3) is 0.231. The maximum Gasteiger partial charge on any atom is 0.251 e. The van der Waals surface area contributed by atoms with Gasteiger partial charge in [-0.05, 0) is 73.5 Å². The summed E-state index contributed by atoms with van der Waals surface area (Å²) in [6.45, 7) is 3.84. The van der Waals surface area contributed by atoms with E-state index < -0.39 is 0 Å². The fourth-order valence-electron chi connectivity index (χ4n) is 3.28. The maximum absolute atomic E-state index is 12.6. The highest BCUT2D eigenvalue weighted by atomic mass is 16.5. The molecule has 6 heteroatoms. The van der Waals surface area contributed by atoms with E-state index in [9.17, 15) is 9.59 Å². The van der Waals surface area contributed by atoms with Gasteiger partial charge in [-0.15, -0.1) is 0 Å². The minimum atomic E-state index is -0.202. The molecule has 0 aliphatic rings. The number of carbonyl (C=O) groups is 2. The first-order valence-electron chi connectivity index (χ1n) is 10.4. The Bertz CT molecular complexity index is 958. The molecule has 0 radical (unpaired) electrons. The van der Waals surface area contributed by atoms with Crippen molar-refractivity contribution in [1.29, 1.82) is 0 Å². The summed E-state index contributed by atoms with van der Waals surface area (Å²) < 4.78 is 10.3. The molecule has 3 aromatic rings. The molecule has 0 aliphatic carbocycles. The Morgan fingerprint density at radius 1 is 0.594 bits per heavy atom. The molecule has 0 spiro atoms. The van der Waals surface area contributed by atoms with E-state index in [0.29, 0.717) is 11.1 Å². The van der Waals surface area contributed by atoms with Crippen LogP contribution >= 0.6 is 0 Å². The van der Waals surface area contributed by atoms with Crippen molar-refractivity contribution in [1.82, 2.24) is 10.6 Å². The van der Waals surface area contributed by atoms with Crippen LogP contribution in [-0.2, 0) is 0 Å². The molecule has 0 aromatic heterocycles. The number of benzene rings is 3. The average Bonchev–Trinajstić information content (AvgIpc) is 2.84. The van der Waals surface area contributed by atoms with Gasteiger partial charge in [0.25, 0.3) is 11.8 Å². The third-order valence-electron chi connectivity index (χ3n) is 5.34. The Morgan fingerprint density at radius 2 is 0.906 bits per heavy atom. The Hall–Kier alpha value is -3.80. The minimum Gasteiger partial charge on any atom is -0.497 e. The van der Waals surface area contributed by atoms with E-state index in [0.717, 1.165) is 22.6 Å². The second-order valence-corrected chi connectivity index (χ2v) is 7.51. The lowest BCUT2D eigenvalue weighted by molar-refractivity contribution is 0.0927. The SMILES string of the molecule is COc1ccc([C@H](C)NC(=O)c2ccc(C(=O)N[C@H](C)c3ccc(OC)cc3)cc2)cc1. The summed E-state index contributed by atoms with van der Waals surface area (Å²) in [6, 6.07) is 21.4. The summed E-state index contributed by atoms with van der Waals surface area (Å²) in [5.74, 6) is 1.13. The van der Waals surface area contributed by atoms with Crippen molar-refractivity contribution in [2.24, 2.45) is 0 Å². The smallest absolute Gasteiger partial charge is 0.251 e. The van der Waals surface area contributed by atoms with Gasteiger partial charge < -0.3 is 20.1 Å². The summed E-state index contributed by atoms with van der Waals surface area (Å²) in [7, 11) is 3.23. The van der Waals surface area contributed by atoms with Gasteiger partial charge in [-0.2, -0.15) is 0 Å². The third-order valence-corrected chi connectivity index (χ3v) is 5.34. The van der Waals surface area contributed by atoms with Crippen LogP contribution in [0.1, 0.15) is 57.8 Å². The van der Waals surface area contributed by atoms with E-state index in [2.05, 4.69) is 10.6 Å². The van der Waals surface area contributed by atoms with Gasteiger partial charge in [0.1, 0.15) is 11.5 Å². The Morgan fingerprint density at radius 3 is 1.19 bits per heavy atom. The van der Waals surface area contributed by atoms with E-state index in [4.69, 9.17) is 9.47 Å². The molecule has 0 aliphatic heterocycles. The molecule has 2 amide bonds. The topological polar surface area (TPSA) is 76.7 Å². The molecule has 3 rings (SSSR count). The number of amides is 2. The van der Waals surface area contributed by atoms with E-state index in [1.165, 1.54) is 0 Å². The Kier molecular flexibility index (Phi) is 7.49. The van der Waals surface area contributed by atoms with E-state index in [1.807, 2.05) is 62.4 Å². The molecule has 0 heterocycles. The Labute approximate surface area is 188 Å². The van der Waals surface area contributed by atoms with Crippen LogP contribution in [0.15, 0.2) is 72.8 Å². The lowest BCUT2D eigenvalue weighted by Gasteiger charge is -2.16. The molecule has 0 bridgehead atoms. The predicted octanol–water partition coefficient (Wildman–Crippen LogP) is 4.69. The zero-order valence-electron chi connectivity index (χ0n) is 18.7. The number of nitrogens with one attached hydrogen (secondary N) is 2. The first kappa shape index (κ1) is 22.9. The van der Waals surface area contributed by atoms with Crippen molar-refractivity contribution in [2.45, 2.75) is 25.9 Å². The van der Waals surface area contributed by atoms with E-state index >= 15 is 0 Å². The van der Waals surface area contributed by atoms with Gasteiger partial charge in [0.05, 0.1) is 26.3 Å². The highest BCUT2D eigenvalue weighted by Gasteiger charge is 2.14. The number of ether oxygens (including phenoxy) is 2. The van der Waals surface area contributed by atoms with Gasteiger partial charge in [0.2, 0.25) is 0 Å². The molecule has 3 aromatic carbocycles. The zero-order chi connectivity index (χ0) is 23.1. The second-order valence-electron chi connectivity index (χ2n) is 7.51. The summed E-state index contributed by atoms with van der Waals surface area (Å²) in [5, 5.41) is 5.94. The van der Waals surface area contributed by atoms with Crippen LogP contribution in [0.3, 0.4) is 0 Å². The zero-order valence-corrected chi connectivity index (χ0v) is 18.7. The minimum absolute atomic E-state index is 0.165. The number of carbonyl (C=O) groups excluding carboxylic acids is 2.